The summed E-state index contributed by atoms with van der Waals surface area (Å²) in [6, 6.07) is 3.48. The Morgan fingerprint density at radius 1 is 1.42 bits per heavy atom. The van der Waals surface area contributed by atoms with Crippen molar-refractivity contribution < 1.29 is 17.6 Å². The number of benzene rings is 1. The molecule has 1 unspecified atom stereocenters. The Balaban J connectivity index is 1.98. The Labute approximate surface area is 111 Å². The summed E-state index contributed by atoms with van der Waals surface area (Å²) < 4.78 is 35.1. The lowest BCUT2D eigenvalue weighted by molar-refractivity contribution is -0.117. The third kappa shape index (κ3) is 3.51. The van der Waals surface area contributed by atoms with Crippen molar-refractivity contribution in [2.45, 2.75) is 12.5 Å². The summed E-state index contributed by atoms with van der Waals surface area (Å²) in [5.41, 5.74) is 1.15. The molecule has 1 aromatic rings. The minimum atomic E-state index is -3.00. The average molecular weight is 286 g/mol. The molecule has 0 bridgehead atoms. The maximum absolute atomic E-state index is 13.2. The van der Waals surface area contributed by atoms with Crippen LogP contribution in [-0.4, -0.2) is 32.9 Å². The molecule has 0 spiro atoms. The van der Waals surface area contributed by atoms with Gasteiger partial charge >= 0.3 is 0 Å². The number of amides is 1. The van der Waals surface area contributed by atoms with Gasteiger partial charge in [0, 0.05) is 17.5 Å². The summed E-state index contributed by atoms with van der Waals surface area (Å²) in [5, 5.41) is 5.59. The van der Waals surface area contributed by atoms with Crippen molar-refractivity contribution in [3.8, 4) is 0 Å². The third-order valence-electron chi connectivity index (χ3n) is 2.89. The predicted octanol–water partition coefficient (Wildman–Crippen LogP) is 0.843. The van der Waals surface area contributed by atoms with Gasteiger partial charge in [0.05, 0.1) is 5.75 Å². The van der Waals surface area contributed by atoms with Gasteiger partial charge in [-0.05, 0) is 31.2 Å². The molecule has 0 aliphatic carbocycles. The fourth-order valence-electron chi connectivity index (χ4n) is 2.02. The van der Waals surface area contributed by atoms with Crippen molar-refractivity contribution in [1.29, 1.82) is 0 Å². The molecule has 2 N–H and O–H groups in total. The number of rotatable bonds is 5. The van der Waals surface area contributed by atoms with E-state index in [1.54, 1.807) is 0 Å². The quantitative estimate of drug-likeness (QED) is 0.787. The Kier molecular flexibility index (Phi) is 3.86. The van der Waals surface area contributed by atoms with E-state index in [0.717, 1.165) is 0 Å². The Morgan fingerprint density at radius 3 is 2.84 bits per heavy atom. The highest BCUT2D eigenvalue weighted by Crippen LogP contribution is 2.30. The molecule has 1 heterocycles. The molecule has 0 saturated heterocycles. The molecule has 0 aromatic heterocycles. The van der Waals surface area contributed by atoms with Gasteiger partial charge in [-0.2, -0.15) is 0 Å². The minimum absolute atomic E-state index is 0.0599. The van der Waals surface area contributed by atoms with Crippen molar-refractivity contribution >= 4 is 21.4 Å². The molecule has 1 aliphatic rings. The molecule has 1 aromatic carbocycles. The van der Waals surface area contributed by atoms with Gasteiger partial charge < -0.3 is 10.6 Å². The van der Waals surface area contributed by atoms with Gasteiger partial charge in [0.2, 0.25) is 5.91 Å². The van der Waals surface area contributed by atoms with E-state index in [2.05, 4.69) is 10.6 Å². The van der Waals surface area contributed by atoms with E-state index in [-0.39, 0.29) is 11.7 Å². The normalized spacial score (nSPS) is 18.2. The summed E-state index contributed by atoms with van der Waals surface area (Å²) in [6.07, 6.45) is 1.58. The molecule has 7 heteroatoms. The molecule has 0 fully saturated rings. The van der Waals surface area contributed by atoms with E-state index in [1.165, 1.54) is 24.5 Å². The zero-order valence-electron chi connectivity index (χ0n) is 10.4. The maximum atomic E-state index is 13.2. The molecule has 1 atom stereocenters. The first kappa shape index (κ1) is 14.0. The number of anilines is 1. The highest BCUT2D eigenvalue weighted by Gasteiger charge is 2.30. The number of hydrogen-bond donors (Lipinski definition) is 2. The third-order valence-corrected chi connectivity index (χ3v) is 3.92. The maximum Gasteiger partial charge on any atom is 0.246 e. The van der Waals surface area contributed by atoms with Gasteiger partial charge in [0.1, 0.15) is 21.7 Å². The summed E-state index contributed by atoms with van der Waals surface area (Å²) in [5.74, 6) is -0.595. The van der Waals surface area contributed by atoms with Crippen molar-refractivity contribution in [3.05, 3.63) is 29.6 Å². The lowest BCUT2D eigenvalue weighted by atomic mass is 10.1. The highest BCUT2D eigenvalue weighted by atomic mass is 32.2. The summed E-state index contributed by atoms with van der Waals surface area (Å²) in [6.45, 7) is 0.376. The average Bonchev–Trinajstić information content (AvgIpc) is 2.59. The second-order valence-electron chi connectivity index (χ2n) is 4.59. The number of sulfone groups is 1. The van der Waals surface area contributed by atoms with Crippen LogP contribution in [0.25, 0.3) is 0 Å². The molecule has 2 rings (SSSR count). The van der Waals surface area contributed by atoms with Crippen LogP contribution in [0.2, 0.25) is 0 Å². The van der Waals surface area contributed by atoms with E-state index < -0.39 is 21.7 Å². The molecule has 19 heavy (non-hydrogen) atoms. The number of nitrogens with one attached hydrogen (secondary N) is 2. The lowest BCUT2D eigenvalue weighted by Crippen LogP contribution is -2.29. The molecule has 0 saturated carbocycles. The van der Waals surface area contributed by atoms with Crippen molar-refractivity contribution in [1.82, 2.24) is 5.32 Å². The second kappa shape index (κ2) is 5.26. The van der Waals surface area contributed by atoms with Crippen LogP contribution in [0.1, 0.15) is 18.0 Å². The molecule has 1 aliphatic heterocycles. The first-order chi connectivity index (χ1) is 8.87. The number of halogens is 1. The lowest BCUT2D eigenvalue weighted by Gasteiger charge is -2.11. The smallest absolute Gasteiger partial charge is 0.246 e. The SMILES string of the molecule is CS(=O)(=O)CCCNC1C(=O)Nc2ccc(F)cc21. The summed E-state index contributed by atoms with van der Waals surface area (Å²) in [4.78, 5) is 11.7. The van der Waals surface area contributed by atoms with E-state index in [1.807, 2.05) is 0 Å². The first-order valence-corrected chi connectivity index (χ1v) is 7.94. The van der Waals surface area contributed by atoms with Gasteiger partial charge in [-0.3, -0.25) is 4.79 Å². The van der Waals surface area contributed by atoms with Crippen LogP contribution in [0.15, 0.2) is 18.2 Å². The predicted molar refractivity (Wildman–Crippen MR) is 70.1 cm³/mol. The van der Waals surface area contributed by atoms with Crippen molar-refractivity contribution in [2.75, 3.05) is 23.9 Å². The second-order valence-corrected chi connectivity index (χ2v) is 6.85. The molecular formula is C12H15FN2O3S. The van der Waals surface area contributed by atoms with Crippen LogP contribution in [0.5, 0.6) is 0 Å². The van der Waals surface area contributed by atoms with Crippen molar-refractivity contribution in [2.24, 2.45) is 0 Å². The van der Waals surface area contributed by atoms with Gasteiger partial charge in [-0.25, -0.2) is 12.8 Å². The van der Waals surface area contributed by atoms with Crippen molar-refractivity contribution in [3.63, 3.8) is 0 Å². The molecular weight excluding hydrogens is 271 g/mol. The van der Waals surface area contributed by atoms with E-state index in [0.29, 0.717) is 24.2 Å². The van der Waals surface area contributed by atoms with E-state index in [9.17, 15) is 17.6 Å². The van der Waals surface area contributed by atoms with Gasteiger partial charge in [0.15, 0.2) is 0 Å². The fraction of sp³-hybridized carbons (Fsp3) is 0.417. The molecule has 104 valence electrons. The van der Waals surface area contributed by atoms with Gasteiger partial charge in [-0.15, -0.1) is 0 Å². The fourth-order valence-corrected chi connectivity index (χ4v) is 2.68. The van der Waals surface area contributed by atoms with Crippen LogP contribution in [0, 0.1) is 5.82 Å². The van der Waals surface area contributed by atoms with E-state index >= 15 is 0 Å². The zero-order valence-corrected chi connectivity index (χ0v) is 11.3. The Hall–Kier alpha value is -1.47. The van der Waals surface area contributed by atoms with Crippen LogP contribution in [-0.2, 0) is 14.6 Å². The molecule has 1 amide bonds. The van der Waals surface area contributed by atoms with Crippen LogP contribution in [0.4, 0.5) is 10.1 Å². The van der Waals surface area contributed by atoms with Gasteiger partial charge in [0.25, 0.3) is 0 Å². The standard InChI is InChI=1S/C12H15FN2O3S/c1-19(17,18)6-2-5-14-11-9-7-8(13)3-4-10(9)15-12(11)16/h3-4,7,11,14H,2,5-6H2,1H3,(H,15,16). The number of fused-ring (bicyclic) bond motifs is 1. The van der Waals surface area contributed by atoms with Gasteiger partial charge in [-0.1, -0.05) is 0 Å². The summed E-state index contributed by atoms with van der Waals surface area (Å²) >= 11 is 0. The van der Waals surface area contributed by atoms with Crippen LogP contribution < -0.4 is 10.6 Å². The zero-order chi connectivity index (χ0) is 14.0. The molecule has 0 radical (unpaired) electrons. The molecule has 5 nitrogen and oxygen atoms in total. The minimum Gasteiger partial charge on any atom is -0.324 e. The van der Waals surface area contributed by atoms with E-state index in [4.69, 9.17) is 0 Å². The Morgan fingerprint density at radius 2 is 2.16 bits per heavy atom. The Bertz CT molecular complexity index is 601. The van der Waals surface area contributed by atoms with Crippen LogP contribution in [0.3, 0.4) is 0 Å². The van der Waals surface area contributed by atoms with Crippen LogP contribution >= 0.6 is 0 Å². The summed E-state index contributed by atoms with van der Waals surface area (Å²) in [7, 11) is -3.00. The monoisotopic (exact) mass is 286 g/mol. The topological polar surface area (TPSA) is 75.3 Å². The number of carbonyl (C=O) groups is 1. The first-order valence-electron chi connectivity index (χ1n) is 5.88. The number of hydrogen-bond acceptors (Lipinski definition) is 4. The highest BCUT2D eigenvalue weighted by molar-refractivity contribution is 7.90. The largest absolute Gasteiger partial charge is 0.324 e. The number of carbonyl (C=O) groups excluding carboxylic acids is 1.